The van der Waals surface area contributed by atoms with Crippen LogP contribution in [-0.4, -0.2) is 62.1 Å². The molecule has 0 amide bonds. The number of ether oxygens (including phenoxy) is 2. The van der Waals surface area contributed by atoms with E-state index in [2.05, 4.69) is 4.98 Å². The summed E-state index contributed by atoms with van der Waals surface area (Å²) in [7, 11) is 0. The number of para-hydroxylation sites is 1. The zero-order valence-electron chi connectivity index (χ0n) is 13.4. The van der Waals surface area contributed by atoms with Crippen molar-refractivity contribution < 1.29 is 34.7 Å². The lowest BCUT2D eigenvalue weighted by atomic mass is 9.99. The predicted octanol–water partition coefficient (Wildman–Crippen LogP) is 0.592. The molecular weight excluding hydrogens is 342 g/mol. The molecule has 0 bridgehead atoms. The maximum Gasteiger partial charge on any atom is 0.335 e. The fourth-order valence-corrected chi connectivity index (χ4v) is 3.24. The van der Waals surface area contributed by atoms with Gasteiger partial charge < -0.3 is 34.9 Å². The predicted molar refractivity (Wildman–Crippen MR) is 90.7 cm³/mol. The Morgan fingerprint density at radius 1 is 0.962 bits per heavy atom. The molecule has 2 aromatic carbocycles. The molecule has 8 heteroatoms. The SMILES string of the molecule is O=C(O)[C@H]1OC(Oc2cccc3[nH]c4ccccc4c23)[C@H](O)[C@@H](O)[C@@H]1O. The lowest BCUT2D eigenvalue weighted by Gasteiger charge is -2.38. The highest BCUT2D eigenvalue weighted by Crippen LogP contribution is 2.35. The number of carboxylic acid groups (broad SMARTS) is 1. The van der Waals surface area contributed by atoms with Gasteiger partial charge in [-0.05, 0) is 18.2 Å². The normalized spacial score (nSPS) is 29.1. The molecule has 1 saturated heterocycles. The van der Waals surface area contributed by atoms with Gasteiger partial charge in [0.2, 0.25) is 6.29 Å². The highest BCUT2D eigenvalue weighted by atomic mass is 16.7. The van der Waals surface area contributed by atoms with Crippen molar-refractivity contribution in [3.05, 3.63) is 42.5 Å². The monoisotopic (exact) mass is 359 g/mol. The summed E-state index contributed by atoms with van der Waals surface area (Å²) in [6.45, 7) is 0. The number of benzene rings is 2. The highest BCUT2D eigenvalue weighted by molar-refractivity contribution is 6.10. The van der Waals surface area contributed by atoms with Crippen LogP contribution in [0.2, 0.25) is 0 Å². The molecule has 1 aromatic heterocycles. The summed E-state index contributed by atoms with van der Waals surface area (Å²) >= 11 is 0. The number of nitrogens with one attached hydrogen (secondary N) is 1. The van der Waals surface area contributed by atoms with E-state index in [1.54, 1.807) is 12.1 Å². The summed E-state index contributed by atoms with van der Waals surface area (Å²) in [4.78, 5) is 14.5. The largest absolute Gasteiger partial charge is 0.479 e. The van der Waals surface area contributed by atoms with E-state index in [1.807, 2.05) is 30.3 Å². The number of aliphatic carboxylic acids is 1. The van der Waals surface area contributed by atoms with E-state index >= 15 is 0 Å². The molecule has 0 radical (unpaired) electrons. The minimum Gasteiger partial charge on any atom is -0.479 e. The molecule has 0 saturated carbocycles. The minimum atomic E-state index is -1.76. The molecule has 0 aliphatic carbocycles. The zero-order chi connectivity index (χ0) is 18.4. The molecule has 0 spiro atoms. The Balaban J connectivity index is 1.73. The van der Waals surface area contributed by atoms with Gasteiger partial charge >= 0.3 is 5.97 Å². The quantitative estimate of drug-likeness (QED) is 0.462. The number of aliphatic hydroxyl groups is 3. The maximum absolute atomic E-state index is 11.2. The van der Waals surface area contributed by atoms with Crippen LogP contribution in [0, 0.1) is 0 Å². The Kier molecular flexibility index (Phi) is 4.04. The highest BCUT2D eigenvalue weighted by Gasteiger charge is 2.48. The second kappa shape index (κ2) is 6.26. The molecule has 3 aromatic rings. The van der Waals surface area contributed by atoms with Gasteiger partial charge in [-0.15, -0.1) is 0 Å². The van der Waals surface area contributed by atoms with Crippen molar-refractivity contribution in [1.82, 2.24) is 4.98 Å². The summed E-state index contributed by atoms with van der Waals surface area (Å²) in [6.07, 6.45) is -8.24. The first kappa shape index (κ1) is 16.8. The summed E-state index contributed by atoms with van der Waals surface area (Å²) < 4.78 is 10.9. The topological polar surface area (TPSA) is 132 Å². The van der Waals surface area contributed by atoms with E-state index < -0.39 is 36.7 Å². The van der Waals surface area contributed by atoms with Gasteiger partial charge in [-0.25, -0.2) is 4.79 Å². The third-order valence-electron chi connectivity index (χ3n) is 4.55. The van der Waals surface area contributed by atoms with Crippen LogP contribution < -0.4 is 4.74 Å². The van der Waals surface area contributed by atoms with Gasteiger partial charge in [0.15, 0.2) is 6.10 Å². The number of aromatic amines is 1. The van der Waals surface area contributed by atoms with Crippen LogP contribution in [0.25, 0.3) is 21.8 Å². The average Bonchev–Trinajstić information content (AvgIpc) is 3.01. The maximum atomic E-state index is 11.2. The van der Waals surface area contributed by atoms with Crippen molar-refractivity contribution >= 4 is 27.8 Å². The van der Waals surface area contributed by atoms with Crippen molar-refractivity contribution in [3.63, 3.8) is 0 Å². The molecule has 4 rings (SSSR count). The summed E-state index contributed by atoms with van der Waals surface area (Å²) in [5.41, 5.74) is 1.69. The van der Waals surface area contributed by atoms with E-state index in [9.17, 15) is 20.1 Å². The van der Waals surface area contributed by atoms with Crippen LogP contribution in [0.1, 0.15) is 0 Å². The van der Waals surface area contributed by atoms with E-state index in [0.717, 1.165) is 21.8 Å². The second-order valence-electron chi connectivity index (χ2n) is 6.20. The number of hydrogen-bond acceptors (Lipinski definition) is 6. The molecule has 1 aliphatic rings. The zero-order valence-corrected chi connectivity index (χ0v) is 13.4. The van der Waals surface area contributed by atoms with Crippen molar-refractivity contribution in [1.29, 1.82) is 0 Å². The lowest BCUT2D eigenvalue weighted by Crippen LogP contribution is -2.61. The van der Waals surface area contributed by atoms with E-state index in [1.165, 1.54) is 0 Å². The molecule has 5 N–H and O–H groups in total. The van der Waals surface area contributed by atoms with Crippen molar-refractivity contribution in [2.75, 3.05) is 0 Å². The Hall–Kier alpha value is -2.65. The van der Waals surface area contributed by atoms with Gasteiger partial charge in [0.1, 0.15) is 24.1 Å². The number of carboxylic acids is 1. The van der Waals surface area contributed by atoms with Crippen LogP contribution in [0.3, 0.4) is 0 Å². The van der Waals surface area contributed by atoms with E-state index in [-0.39, 0.29) is 0 Å². The number of aromatic nitrogens is 1. The fraction of sp³-hybridized carbons (Fsp3) is 0.278. The molecule has 1 fully saturated rings. The third-order valence-corrected chi connectivity index (χ3v) is 4.55. The van der Waals surface area contributed by atoms with E-state index in [4.69, 9.17) is 14.6 Å². The molecule has 2 heterocycles. The second-order valence-corrected chi connectivity index (χ2v) is 6.20. The van der Waals surface area contributed by atoms with Gasteiger partial charge in [0.25, 0.3) is 0 Å². The number of fused-ring (bicyclic) bond motifs is 3. The van der Waals surface area contributed by atoms with Gasteiger partial charge in [0.05, 0.1) is 5.52 Å². The first-order valence-electron chi connectivity index (χ1n) is 8.06. The van der Waals surface area contributed by atoms with Crippen molar-refractivity contribution in [3.8, 4) is 5.75 Å². The Bertz CT molecular complexity index is 968. The molecule has 26 heavy (non-hydrogen) atoms. The van der Waals surface area contributed by atoms with Gasteiger partial charge in [-0.1, -0.05) is 24.3 Å². The van der Waals surface area contributed by atoms with Crippen LogP contribution in [0.4, 0.5) is 0 Å². The molecule has 5 atom stereocenters. The van der Waals surface area contributed by atoms with Crippen LogP contribution >= 0.6 is 0 Å². The van der Waals surface area contributed by atoms with Gasteiger partial charge in [-0.2, -0.15) is 0 Å². The number of rotatable bonds is 3. The summed E-state index contributed by atoms with van der Waals surface area (Å²) in [5.74, 6) is -1.10. The Morgan fingerprint density at radius 2 is 1.69 bits per heavy atom. The number of carbonyl (C=O) groups is 1. The molecule has 136 valence electrons. The minimum absolute atomic E-state index is 0.358. The van der Waals surface area contributed by atoms with Crippen LogP contribution in [0.15, 0.2) is 42.5 Å². The van der Waals surface area contributed by atoms with E-state index in [0.29, 0.717) is 5.75 Å². The molecule has 8 nitrogen and oxygen atoms in total. The standard InChI is InChI=1S/C18H17NO7/c20-13-14(21)16(17(23)24)26-18(15(13)22)25-11-7-3-6-10-12(11)8-4-1-2-5-9(8)19-10/h1-7,13-16,18-22H,(H,23,24)/t13-,14-,15+,16-,18?/m0/s1. The van der Waals surface area contributed by atoms with Crippen molar-refractivity contribution in [2.45, 2.75) is 30.7 Å². The number of aliphatic hydroxyl groups excluding tert-OH is 3. The Morgan fingerprint density at radius 3 is 2.46 bits per heavy atom. The smallest absolute Gasteiger partial charge is 0.335 e. The van der Waals surface area contributed by atoms with Gasteiger partial charge in [-0.3, -0.25) is 0 Å². The molecular formula is C18H17NO7. The molecule has 1 aliphatic heterocycles. The average molecular weight is 359 g/mol. The number of hydrogen-bond donors (Lipinski definition) is 5. The van der Waals surface area contributed by atoms with Gasteiger partial charge in [0, 0.05) is 16.3 Å². The van der Waals surface area contributed by atoms with Crippen LogP contribution in [0.5, 0.6) is 5.75 Å². The lowest BCUT2D eigenvalue weighted by molar-refractivity contribution is -0.270. The first-order chi connectivity index (χ1) is 12.5. The summed E-state index contributed by atoms with van der Waals surface area (Å²) in [5, 5.41) is 40.6. The van der Waals surface area contributed by atoms with Crippen molar-refractivity contribution in [2.24, 2.45) is 0 Å². The van der Waals surface area contributed by atoms with Crippen LogP contribution in [-0.2, 0) is 9.53 Å². The third kappa shape index (κ3) is 2.60. The molecule has 1 unspecified atom stereocenters. The Labute approximate surface area is 147 Å². The number of H-pyrrole nitrogens is 1. The summed E-state index contributed by atoms with van der Waals surface area (Å²) in [6, 6.07) is 12.8. The first-order valence-corrected chi connectivity index (χ1v) is 8.06. The fourth-order valence-electron chi connectivity index (χ4n) is 3.24.